The number of carbonyl (C=O) groups is 2. The van der Waals surface area contributed by atoms with Gasteiger partial charge in [0.25, 0.3) is 5.91 Å². The highest BCUT2D eigenvalue weighted by Crippen LogP contribution is 2.23. The van der Waals surface area contributed by atoms with Gasteiger partial charge in [0, 0.05) is 4.47 Å². The van der Waals surface area contributed by atoms with E-state index in [0.29, 0.717) is 10.2 Å². The number of amides is 1. The Balaban J connectivity index is 1.98. The van der Waals surface area contributed by atoms with Gasteiger partial charge in [-0.2, -0.15) is 0 Å². The minimum atomic E-state index is -1.24. The van der Waals surface area contributed by atoms with Crippen LogP contribution in [-0.4, -0.2) is 18.5 Å². The first-order valence-corrected chi connectivity index (χ1v) is 7.35. The van der Waals surface area contributed by atoms with Crippen LogP contribution in [0.15, 0.2) is 40.9 Å². The van der Waals surface area contributed by atoms with Gasteiger partial charge in [-0.1, -0.05) is 12.1 Å². The van der Waals surface area contributed by atoms with Gasteiger partial charge >= 0.3 is 5.97 Å². The zero-order chi connectivity index (χ0) is 17.0. The van der Waals surface area contributed by atoms with Crippen molar-refractivity contribution in [1.29, 1.82) is 0 Å². The highest BCUT2D eigenvalue weighted by molar-refractivity contribution is 9.10. The van der Waals surface area contributed by atoms with Crippen molar-refractivity contribution in [3.05, 3.63) is 63.6 Å². The third-order valence-corrected chi connectivity index (χ3v) is 3.56. The van der Waals surface area contributed by atoms with E-state index in [2.05, 4.69) is 26.0 Å². The smallest absolute Gasteiger partial charge is 0.344 e. The summed E-state index contributed by atoms with van der Waals surface area (Å²) in [6, 6.07) is 8.27. The second-order valence-corrected chi connectivity index (χ2v) is 5.56. The molecule has 0 aromatic heterocycles. The molecule has 0 atom stereocenters. The molecule has 0 bridgehead atoms. The average molecular weight is 384 g/mol. The van der Waals surface area contributed by atoms with Crippen molar-refractivity contribution in [2.24, 2.45) is 0 Å². The number of aryl methyl sites for hydroxylation is 1. The number of ether oxygens (including phenoxy) is 1. The zero-order valence-corrected chi connectivity index (χ0v) is 13.6. The van der Waals surface area contributed by atoms with E-state index in [1.54, 1.807) is 18.2 Å². The first-order chi connectivity index (χ1) is 10.9. The quantitative estimate of drug-likeness (QED) is 0.816. The summed E-state index contributed by atoms with van der Waals surface area (Å²) in [5.74, 6) is -3.95. The fraction of sp³-hybridized carbons (Fsp3) is 0.125. The molecule has 2 aromatic rings. The minimum Gasteiger partial charge on any atom is -0.452 e. The number of hydrogen-bond donors (Lipinski definition) is 1. The first kappa shape index (κ1) is 17.1. The Morgan fingerprint density at radius 2 is 1.83 bits per heavy atom. The van der Waals surface area contributed by atoms with E-state index in [1.807, 2.05) is 6.92 Å². The Hall–Kier alpha value is -2.28. The molecule has 0 aliphatic heterocycles. The molecule has 1 amide bonds. The molecule has 0 aliphatic rings. The van der Waals surface area contributed by atoms with Crippen LogP contribution < -0.4 is 5.32 Å². The van der Waals surface area contributed by atoms with Crippen LogP contribution in [0.25, 0.3) is 0 Å². The van der Waals surface area contributed by atoms with Crippen molar-refractivity contribution >= 4 is 33.5 Å². The van der Waals surface area contributed by atoms with Crippen molar-refractivity contribution < 1.29 is 23.1 Å². The number of esters is 1. The molecule has 23 heavy (non-hydrogen) atoms. The SMILES string of the molecule is Cc1ccc(NC(=O)COC(=O)c2c(F)cccc2F)c(Br)c1. The lowest BCUT2D eigenvalue weighted by Crippen LogP contribution is -2.22. The van der Waals surface area contributed by atoms with E-state index in [-0.39, 0.29) is 0 Å². The number of nitrogens with one attached hydrogen (secondary N) is 1. The molecule has 0 aliphatic carbocycles. The van der Waals surface area contributed by atoms with Crippen LogP contribution in [0.1, 0.15) is 15.9 Å². The van der Waals surface area contributed by atoms with Gasteiger partial charge in [0.05, 0.1) is 5.69 Å². The highest BCUT2D eigenvalue weighted by atomic mass is 79.9. The average Bonchev–Trinajstić information content (AvgIpc) is 2.48. The number of rotatable bonds is 4. The van der Waals surface area contributed by atoms with Crippen LogP contribution in [0.4, 0.5) is 14.5 Å². The van der Waals surface area contributed by atoms with Crippen molar-refractivity contribution in [3.8, 4) is 0 Å². The number of anilines is 1. The summed E-state index contributed by atoms with van der Waals surface area (Å²) in [7, 11) is 0. The summed E-state index contributed by atoms with van der Waals surface area (Å²) in [5.41, 5.74) is 0.668. The molecule has 7 heteroatoms. The number of benzene rings is 2. The molecular weight excluding hydrogens is 372 g/mol. The lowest BCUT2D eigenvalue weighted by molar-refractivity contribution is -0.119. The van der Waals surface area contributed by atoms with Crippen LogP contribution in [0.3, 0.4) is 0 Å². The molecule has 0 unspecified atom stereocenters. The lowest BCUT2D eigenvalue weighted by Gasteiger charge is -2.09. The summed E-state index contributed by atoms with van der Waals surface area (Å²) in [5, 5.41) is 2.52. The fourth-order valence-corrected chi connectivity index (χ4v) is 2.40. The minimum absolute atomic E-state index is 0.494. The van der Waals surface area contributed by atoms with E-state index >= 15 is 0 Å². The van der Waals surface area contributed by atoms with E-state index in [4.69, 9.17) is 0 Å². The van der Waals surface area contributed by atoms with Crippen LogP contribution >= 0.6 is 15.9 Å². The summed E-state index contributed by atoms with van der Waals surface area (Å²) >= 11 is 3.29. The molecule has 0 heterocycles. The molecule has 0 fully saturated rings. The number of halogens is 3. The van der Waals surface area contributed by atoms with Crippen LogP contribution in [-0.2, 0) is 9.53 Å². The molecule has 120 valence electrons. The van der Waals surface area contributed by atoms with Crippen LogP contribution in [0, 0.1) is 18.6 Å². The van der Waals surface area contributed by atoms with Crippen molar-refractivity contribution in [2.75, 3.05) is 11.9 Å². The molecule has 4 nitrogen and oxygen atoms in total. The van der Waals surface area contributed by atoms with E-state index < -0.39 is 35.7 Å². The number of carbonyl (C=O) groups excluding carboxylic acids is 2. The molecule has 1 N–H and O–H groups in total. The summed E-state index contributed by atoms with van der Waals surface area (Å²) in [6.45, 7) is 1.23. The maximum absolute atomic E-state index is 13.4. The molecular formula is C16H12BrF2NO3. The van der Waals surface area contributed by atoms with E-state index in [1.165, 1.54) is 0 Å². The summed E-state index contributed by atoms with van der Waals surface area (Å²) < 4.78 is 32.1. The van der Waals surface area contributed by atoms with Gasteiger partial charge in [-0.3, -0.25) is 4.79 Å². The van der Waals surface area contributed by atoms with Crippen molar-refractivity contribution in [2.45, 2.75) is 6.92 Å². The normalized spacial score (nSPS) is 10.3. The predicted octanol–water partition coefficient (Wildman–Crippen LogP) is 3.83. The number of hydrogen-bond acceptors (Lipinski definition) is 3. The summed E-state index contributed by atoms with van der Waals surface area (Å²) in [6.07, 6.45) is 0. The fourth-order valence-electron chi connectivity index (χ4n) is 1.80. The first-order valence-electron chi connectivity index (χ1n) is 6.55. The van der Waals surface area contributed by atoms with E-state index in [9.17, 15) is 18.4 Å². The van der Waals surface area contributed by atoms with Gasteiger partial charge < -0.3 is 10.1 Å². The highest BCUT2D eigenvalue weighted by Gasteiger charge is 2.19. The van der Waals surface area contributed by atoms with Gasteiger partial charge in [0.15, 0.2) is 6.61 Å². The largest absolute Gasteiger partial charge is 0.452 e. The second kappa shape index (κ2) is 7.32. The van der Waals surface area contributed by atoms with Gasteiger partial charge in [0.1, 0.15) is 17.2 Å². The van der Waals surface area contributed by atoms with Crippen LogP contribution in [0.5, 0.6) is 0 Å². The standard InChI is InChI=1S/C16H12BrF2NO3/c1-9-5-6-13(10(17)7-9)20-14(21)8-23-16(22)15-11(18)3-2-4-12(15)19/h2-7H,8H2,1H3,(H,20,21). The van der Waals surface area contributed by atoms with E-state index in [0.717, 1.165) is 23.8 Å². The van der Waals surface area contributed by atoms with Crippen molar-refractivity contribution in [1.82, 2.24) is 0 Å². The monoisotopic (exact) mass is 383 g/mol. The molecule has 2 aromatic carbocycles. The van der Waals surface area contributed by atoms with Gasteiger partial charge in [-0.15, -0.1) is 0 Å². The van der Waals surface area contributed by atoms with Gasteiger partial charge in [0.2, 0.25) is 0 Å². The molecule has 0 spiro atoms. The topological polar surface area (TPSA) is 55.4 Å². The maximum Gasteiger partial charge on any atom is 0.344 e. The Labute approximate surface area is 139 Å². The van der Waals surface area contributed by atoms with Gasteiger partial charge in [-0.05, 0) is 52.7 Å². The molecule has 2 rings (SSSR count). The Morgan fingerprint density at radius 1 is 1.17 bits per heavy atom. The van der Waals surface area contributed by atoms with Crippen molar-refractivity contribution in [3.63, 3.8) is 0 Å². The molecule has 0 radical (unpaired) electrons. The molecule has 0 saturated heterocycles. The maximum atomic E-state index is 13.4. The molecule has 0 saturated carbocycles. The Kier molecular flexibility index (Phi) is 5.44. The predicted molar refractivity (Wildman–Crippen MR) is 84.1 cm³/mol. The third-order valence-electron chi connectivity index (χ3n) is 2.90. The third kappa shape index (κ3) is 4.35. The van der Waals surface area contributed by atoms with Crippen LogP contribution in [0.2, 0.25) is 0 Å². The zero-order valence-electron chi connectivity index (χ0n) is 12.0. The lowest BCUT2D eigenvalue weighted by atomic mass is 10.2. The summed E-state index contributed by atoms with van der Waals surface area (Å²) in [4.78, 5) is 23.4. The van der Waals surface area contributed by atoms with Gasteiger partial charge in [-0.25, -0.2) is 13.6 Å². The Morgan fingerprint density at radius 3 is 2.43 bits per heavy atom. The Bertz CT molecular complexity index is 745. The second-order valence-electron chi connectivity index (χ2n) is 4.70.